The van der Waals surface area contributed by atoms with Gasteiger partial charge in [-0.2, -0.15) is 0 Å². The van der Waals surface area contributed by atoms with Crippen LogP contribution in [0.5, 0.6) is 0 Å². The molecule has 0 aromatic carbocycles. The largest absolute Gasteiger partial charge is 0.406 e. The van der Waals surface area contributed by atoms with Gasteiger partial charge in [-0.3, -0.25) is 4.57 Å². The first-order valence-electron chi connectivity index (χ1n) is 6.81. The van der Waals surface area contributed by atoms with Crippen molar-refractivity contribution in [2.45, 2.75) is 33.2 Å². The number of rotatable bonds is 7. The van der Waals surface area contributed by atoms with Crippen LogP contribution in [0.3, 0.4) is 0 Å². The molecule has 0 saturated heterocycles. The molecule has 1 unspecified atom stereocenters. The van der Waals surface area contributed by atoms with E-state index >= 15 is 0 Å². The number of aryl methyl sites for hydroxylation is 1. The van der Waals surface area contributed by atoms with Crippen molar-refractivity contribution in [1.82, 2.24) is 14.5 Å². The topological polar surface area (TPSA) is 76.2 Å². The molecule has 7 nitrogen and oxygen atoms in total. The maximum atomic E-state index is 11.1. The van der Waals surface area contributed by atoms with Crippen LogP contribution in [0.2, 0.25) is 0 Å². The van der Waals surface area contributed by atoms with Crippen LogP contribution < -0.4 is 5.32 Å². The van der Waals surface area contributed by atoms with Crippen LogP contribution in [-0.4, -0.2) is 46.1 Å². The van der Waals surface area contributed by atoms with E-state index in [2.05, 4.69) is 29.0 Å². The maximum Gasteiger partial charge on any atom is 0.406 e. The van der Waals surface area contributed by atoms with Crippen molar-refractivity contribution in [3.05, 3.63) is 15.9 Å². The first-order chi connectivity index (χ1) is 9.22. The Morgan fingerprint density at radius 3 is 2.50 bits per heavy atom. The van der Waals surface area contributed by atoms with Gasteiger partial charge in [0, 0.05) is 26.6 Å². The average molecular weight is 283 g/mol. The number of nitrogens with one attached hydrogen (secondary N) is 1. The zero-order chi connectivity index (χ0) is 15.4. The van der Waals surface area contributed by atoms with Crippen LogP contribution in [-0.2, 0) is 7.05 Å². The normalized spacial score (nSPS) is 13.0. The highest BCUT2D eigenvalue weighted by Crippen LogP contribution is 2.25. The molecule has 0 aliphatic rings. The predicted molar refractivity (Wildman–Crippen MR) is 80.0 cm³/mol. The molecule has 0 amide bonds. The standard InChI is InChI=1S/C13H25N5O2/c1-9(2)7-11(8-16(4)5)15-12-13(18(19)20)14-10(3)17(12)6/h9,11,15H,7-8H2,1-6H3. The van der Waals surface area contributed by atoms with Gasteiger partial charge in [-0.05, 0) is 36.3 Å². The first kappa shape index (κ1) is 16.4. The molecule has 1 heterocycles. The second-order valence-corrected chi connectivity index (χ2v) is 5.88. The minimum atomic E-state index is -0.433. The van der Waals surface area contributed by atoms with E-state index in [1.165, 1.54) is 0 Å². The third-order valence-corrected chi connectivity index (χ3v) is 3.16. The summed E-state index contributed by atoms with van der Waals surface area (Å²) in [6, 6.07) is 0.151. The van der Waals surface area contributed by atoms with Crippen LogP contribution in [0.4, 0.5) is 11.6 Å². The zero-order valence-corrected chi connectivity index (χ0v) is 13.2. The minimum Gasteiger partial charge on any atom is -0.360 e. The minimum absolute atomic E-state index is 0.0995. The van der Waals surface area contributed by atoms with Gasteiger partial charge in [0.25, 0.3) is 0 Å². The number of nitrogens with zero attached hydrogens (tertiary/aromatic N) is 4. The second kappa shape index (κ2) is 6.69. The number of aromatic nitrogens is 2. The highest BCUT2D eigenvalue weighted by Gasteiger charge is 2.26. The van der Waals surface area contributed by atoms with Gasteiger partial charge in [-0.15, -0.1) is 0 Å². The Bertz CT molecular complexity index is 458. The molecule has 0 aliphatic carbocycles. The van der Waals surface area contributed by atoms with Gasteiger partial charge in [0.15, 0.2) is 0 Å². The summed E-state index contributed by atoms with van der Waals surface area (Å²) in [5.41, 5.74) is 0. The number of imidazole rings is 1. The van der Waals surface area contributed by atoms with E-state index in [4.69, 9.17) is 0 Å². The monoisotopic (exact) mass is 283 g/mol. The Kier molecular flexibility index (Phi) is 5.50. The highest BCUT2D eigenvalue weighted by molar-refractivity contribution is 5.54. The number of nitro groups is 1. The van der Waals surface area contributed by atoms with E-state index in [0.717, 1.165) is 13.0 Å². The van der Waals surface area contributed by atoms with Crippen LogP contribution in [0.15, 0.2) is 0 Å². The molecule has 1 rings (SSSR count). The van der Waals surface area contributed by atoms with Crippen molar-refractivity contribution in [2.75, 3.05) is 26.0 Å². The van der Waals surface area contributed by atoms with Crippen LogP contribution in [0, 0.1) is 23.0 Å². The predicted octanol–water partition coefficient (Wildman–Crippen LogP) is 2.02. The molecular formula is C13H25N5O2. The van der Waals surface area contributed by atoms with Crippen molar-refractivity contribution in [2.24, 2.45) is 13.0 Å². The SMILES string of the molecule is Cc1nc([N+](=O)[O-])c(NC(CC(C)C)CN(C)C)n1C. The van der Waals surface area contributed by atoms with Crippen LogP contribution >= 0.6 is 0 Å². The average Bonchev–Trinajstić information content (AvgIpc) is 2.55. The molecule has 1 aromatic rings. The van der Waals surface area contributed by atoms with E-state index in [1.807, 2.05) is 14.1 Å². The van der Waals surface area contributed by atoms with Crippen molar-refractivity contribution in [1.29, 1.82) is 0 Å². The lowest BCUT2D eigenvalue weighted by molar-refractivity contribution is -0.388. The van der Waals surface area contributed by atoms with Crippen LogP contribution in [0.25, 0.3) is 0 Å². The molecule has 20 heavy (non-hydrogen) atoms. The van der Waals surface area contributed by atoms with Gasteiger partial charge in [0.05, 0.1) is 0 Å². The van der Waals surface area contributed by atoms with E-state index in [1.54, 1.807) is 18.5 Å². The molecule has 0 aliphatic heterocycles. The summed E-state index contributed by atoms with van der Waals surface area (Å²) < 4.78 is 1.74. The number of hydrogen-bond acceptors (Lipinski definition) is 5. The summed E-state index contributed by atoms with van der Waals surface area (Å²) in [6.45, 7) is 6.88. The molecule has 1 N–H and O–H groups in total. The molecule has 7 heteroatoms. The Balaban J connectivity index is 3.00. The van der Waals surface area contributed by atoms with Gasteiger partial charge in [0.1, 0.15) is 0 Å². The van der Waals surface area contributed by atoms with Crippen molar-refractivity contribution in [3.63, 3.8) is 0 Å². The quantitative estimate of drug-likeness (QED) is 0.612. The summed E-state index contributed by atoms with van der Waals surface area (Å²) in [5, 5.41) is 14.4. The molecule has 1 aromatic heterocycles. The molecule has 0 radical (unpaired) electrons. The Morgan fingerprint density at radius 1 is 1.45 bits per heavy atom. The fourth-order valence-electron chi connectivity index (χ4n) is 2.26. The van der Waals surface area contributed by atoms with E-state index < -0.39 is 4.92 Å². The third-order valence-electron chi connectivity index (χ3n) is 3.16. The van der Waals surface area contributed by atoms with Gasteiger partial charge in [-0.25, -0.2) is 0 Å². The number of anilines is 1. The summed E-state index contributed by atoms with van der Waals surface area (Å²) in [5.74, 6) is 1.53. The smallest absolute Gasteiger partial charge is 0.360 e. The summed E-state index contributed by atoms with van der Waals surface area (Å²) in [6.07, 6.45) is 0.944. The second-order valence-electron chi connectivity index (χ2n) is 5.88. The fourth-order valence-corrected chi connectivity index (χ4v) is 2.26. The Labute approximate surface area is 120 Å². The lowest BCUT2D eigenvalue weighted by Gasteiger charge is -2.24. The van der Waals surface area contributed by atoms with Gasteiger partial charge < -0.3 is 20.3 Å². The number of likely N-dealkylation sites (N-methyl/N-ethyl adjacent to an activating group) is 1. The molecule has 1 atom stereocenters. The van der Waals surface area contributed by atoms with Crippen molar-refractivity contribution >= 4 is 11.6 Å². The van der Waals surface area contributed by atoms with E-state index in [9.17, 15) is 10.1 Å². The van der Waals surface area contributed by atoms with E-state index in [0.29, 0.717) is 17.6 Å². The van der Waals surface area contributed by atoms with Crippen LogP contribution in [0.1, 0.15) is 26.1 Å². The molecule has 0 bridgehead atoms. The summed E-state index contributed by atoms with van der Waals surface area (Å²) >= 11 is 0. The van der Waals surface area contributed by atoms with Crippen molar-refractivity contribution < 1.29 is 4.92 Å². The third kappa shape index (κ3) is 4.19. The van der Waals surface area contributed by atoms with Gasteiger partial charge in [-0.1, -0.05) is 13.8 Å². The Hall–Kier alpha value is -1.63. The van der Waals surface area contributed by atoms with Gasteiger partial charge in [0.2, 0.25) is 11.6 Å². The lowest BCUT2D eigenvalue weighted by atomic mass is 10.0. The van der Waals surface area contributed by atoms with E-state index in [-0.39, 0.29) is 11.9 Å². The van der Waals surface area contributed by atoms with Gasteiger partial charge >= 0.3 is 5.82 Å². The number of hydrogen-bond donors (Lipinski definition) is 1. The summed E-state index contributed by atoms with van der Waals surface area (Å²) in [7, 11) is 5.79. The first-order valence-corrected chi connectivity index (χ1v) is 6.81. The lowest BCUT2D eigenvalue weighted by Crippen LogP contribution is -2.34. The molecular weight excluding hydrogens is 258 g/mol. The maximum absolute atomic E-state index is 11.1. The molecule has 0 saturated carbocycles. The molecule has 114 valence electrons. The highest BCUT2D eigenvalue weighted by atomic mass is 16.6. The fraction of sp³-hybridized carbons (Fsp3) is 0.769. The van der Waals surface area contributed by atoms with Crippen molar-refractivity contribution in [3.8, 4) is 0 Å². The molecule has 0 fully saturated rings. The zero-order valence-electron chi connectivity index (χ0n) is 13.2. The molecule has 0 spiro atoms. The summed E-state index contributed by atoms with van der Waals surface area (Å²) in [4.78, 5) is 16.7. The Morgan fingerprint density at radius 2 is 2.05 bits per heavy atom.